The number of aliphatic imine (C=N–C) groups is 1. The molecule has 0 bridgehead atoms. The highest BCUT2D eigenvalue weighted by atomic mass is 127. The lowest BCUT2D eigenvalue weighted by molar-refractivity contribution is 0.0341. The van der Waals surface area contributed by atoms with Crippen LogP contribution in [0.2, 0.25) is 0 Å². The Hall–Kier alpha value is -1.71. The van der Waals surface area contributed by atoms with Crippen molar-refractivity contribution in [2.75, 3.05) is 40.4 Å². The van der Waals surface area contributed by atoms with Crippen molar-refractivity contribution in [3.63, 3.8) is 0 Å². The highest BCUT2D eigenvalue weighted by molar-refractivity contribution is 14.0. The number of nitrogens with zero attached hydrogens (tertiary/aromatic N) is 3. The van der Waals surface area contributed by atoms with Crippen LogP contribution in [0.4, 0.5) is 4.39 Å². The van der Waals surface area contributed by atoms with Crippen molar-refractivity contribution in [1.29, 1.82) is 0 Å². The minimum absolute atomic E-state index is 0. The fourth-order valence-corrected chi connectivity index (χ4v) is 3.38. The van der Waals surface area contributed by atoms with Crippen LogP contribution in [-0.2, 0) is 24.4 Å². The van der Waals surface area contributed by atoms with Crippen molar-refractivity contribution >= 4 is 29.9 Å². The molecule has 0 spiro atoms. The molecule has 0 atom stereocenters. The van der Waals surface area contributed by atoms with Gasteiger partial charge in [0.1, 0.15) is 5.82 Å². The van der Waals surface area contributed by atoms with Crippen LogP contribution in [0.15, 0.2) is 53.5 Å². The van der Waals surface area contributed by atoms with E-state index in [0.717, 1.165) is 44.4 Å². The Kier molecular flexibility index (Phi) is 9.83. The van der Waals surface area contributed by atoms with Crippen LogP contribution >= 0.6 is 24.0 Å². The van der Waals surface area contributed by atoms with E-state index in [1.54, 1.807) is 19.2 Å². The van der Waals surface area contributed by atoms with Crippen LogP contribution < -0.4 is 5.32 Å². The predicted octanol–water partition coefficient (Wildman–Crippen LogP) is 3.48. The van der Waals surface area contributed by atoms with E-state index in [1.807, 2.05) is 11.9 Å². The Morgan fingerprint density at radius 2 is 1.76 bits per heavy atom. The van der Waals surface area contributed by atoms with E-state index in [-0.39, 0.29) is 29.8 Å². The normalized spacial score (nSPS) is 14.9. The highest BCUT2D eigenvalue weighted by Crippen LogP contribution is 2.13. The van der Waals surface area contributed by atoms with Crippen LogP contribution in [0.5, 0.6) is 0 Å². The van der Waals surface area contributed by atoms with E-state index >= 15 is 0 Å². The van der Waals surface area contributed by atoms with Crippen LogP contribution in [0, 0.1) is 5.82 Å². The van der Waals surface area contributed by atoms with Crippen molar-refractivity contribution in [3.05, 3.63) is 71.0 Å². The van der Waals surface area contributed by atoms with Crippen LogP contribution in [0.25, 0.3) is 0 Å². The third kappa shape index (κ3) is 7.24. The van der Waals surface area contributed by atoms with E-state index in [4.69, 9.17) is 4.74 Å². The summed E-state index contributed by atoms with van der Waals surface area (Å²) in [5, 5.41) is 3.45. The molecule has 1 aliphatic rings. The average molecular weight is 512 g/mol. The third-order valence-electron chi connectivity index (χ3n) is 4.96. The number of guanidine groups is 1. The SMILES string of the molecule is CN=C(NCc1ccccc1CN1CCOCC1)N(C)Cc1ccc(F)cc1.I. The zero-order valence-electron chi connectivity index (χ0n) is 17.1. The van der Waals surface area contributed by atoms with Gasteiger partial charge in [-0.3, -0.25) is 9.89 Å². The molecule has 1 heterocycles. The smallest absolute Gasteiger partial charge is 0.193 e. The first-order valence-electron chi connectivity index (χ1n) is 9.69. The lowest BCUT2D eigenvalue weighted by Gasteiger charge is -2.28. The second-order valence-electron chi connectivity index (χ2n) is 7.04. The van der Waals surface area contributed by atoms with Gasteiger partial charge < -0.3 is 15.0 Å². The van der Waals surface area contributed by atoms with E-state index < -0.39 is 0 Å². The molecule has 2 aromatic carbocycles. The molecule has 0 aromatic heterocycles. The monoisotopic (exact) mass is 512 g/mol. The number of hydrogen-bond donors (Lipinski definition) is 1. The molecule has 1 aliphatic heterocycles. The fraction of sp³-hybridized carbons (Fsp3) is 0.409. The summed E-state index contributed by atoms with van der Waals surface area (Å²) in [7, 11) is 3.77. The summed E-state index contributed by atoms with van der Waals surface area (Å²) in [6, 6.07) is 15.1. The van der Waals surface area contributed by atoms with Crippen LogP contribution in [0.3, 0.4) is 0 Å². The van der Waals surface area contributed by atoms with Gasteiger partial charge in [0, 0.05) is 46.8 Å². The summed E-state index contributed by atoms with van der Waals surface area (Å²) >= 11 is 0. The Bertz CT molecular complexity index is 779. The van der Waals surface area contributed by atoms with Crippen molar-refractivity contribution in [3.8, 4) is 0 Å². The topological polar surface area (TPSA) is 40.1 Å². The van der Waals surface area contributed by atoms with Gasteiger partial charge in [0.25, 0.3) is 0 Å². The van der Waals surface area contributed by atoms with Gasteiger partial charge in [0.15, 0.2) is 5.96 Å². The first-order valence-corrected chi connectivity index (χ1v) is 9.69. The number of rotatable bonds is 6. The maximum absolute atomic E-state index is 13.1. The quantitative estimate of drug-likeness (QED) is 0.366. The molecule has 29 heavy (non-hydrogen) atoms. The summed E-state index contributed by atoms with van der Waals surface area (Å²) < 4.78 is 18.5. The predicted molar refractivity (Wildman–Crippen MR) is 126 cm³/mol. The first-order chi connectivity index (χ1) is 13.7. The van der Waals surface area contributed by atoms with Crippen molar-refractivity contribution in [2.24, 2.45) is 4.99 Å². The first kappa shape index (κ1) is 23.6. The van der Waals surface area contributed by atoms with Gasteiger partial charge >= 0.3 is 0 Å². The molecule has 3 rings (SSSR count). The molecule has 1 N–H and O–H groups in total. The lowest BCUT2D eigenvalue weighted by Crippen LogP contribution is -2.38. The molecule has 158 valence electrons. The van der Waals surface area contributed by atoms with Crippen molar-refractivity contribution < 1.29 is 9.13 Å². The summed E-state index contributed by atoms with van der Waals surface area (Å²) in [6.45, 7) is 5.87. The molecule has 2 aromatic rings. The van der Waals surface area contributed by atoms with Gasteiger partial charge in [0.2, 0.25) is 0 Å². The third-order valence-corrected chi connectivity index (χ3v) is 4.96. The van der Waals surface area contributed by atoms with Gasteiger partial charge in [-0.15, -0.1) is 24.0 Å². The number of nitrogens with one attached hydrogen (secondary N) is 1. The number of morpholine rings is 1. The molecule has 1 fully saturated rings. The highest BCUT2D eigenvalue weighted by Gasteiger charge is 2.13. The number of benzene rings is 2. The van der Waals surface area contributed by atoms with Crippen LogP contribution in [-0.4, -0.2) is 56.2 Å². The summed E-state index contributed by atoms with van der Waals surface area (Å²) in [6.07, 6.45) is 0. The maximum Gasteiger partial charge on any atom is 0.193 e. The summed E-state index contributed by atoms with van der Waals surface area (Å²) in [4.78, 5) is 8.86. The maximum atomic E-state index is 13.1. The zero-order chi connectivity index (χ0) is 19.8. The standard InChI is InChI=1S/C22H29FN4O.HI/c1-24-22(26(2)16-18-7-9-21(23)10-8-18)25-15-19-5-3-4-6-20(19)17-27-11-13-28-14-12-27;/h3-10H,11-17H2,1-2H3,(H,24,25);1H. The van der Waals surface area contributed by atoms with Gasteiger partial charge in [-0.1, -0.05) is 36.4 Å². The van der Waals surface area contributed by atoms with Crippen LogP contribution in [0.1, 0.15) is 16.7 Å². The molecule has 0 amide bonds. The number of hydrogen-bond acceptors (Lipinski definition) is 3. The van der Waals surface area contributed by atoms with E-state index in [9.17, 15) is 4.39 Å². The molecule has 0 radical (unpaired) electrons. The van der Waals surface area contributed by atoms with Gasteiger partial charge in [-0.2, -0.15) is 0 Å². The van der Waals surface area contributed by atoms with E-state index in [1.165, 1.54) is 23.3 Å². The van der Waals surface area contributed by atoms with Gasteiger partial charge in [-0.25, -0.2) is 4.39 Å². The molecular weight excluding hydrogens is 482 g/mol. The van der Waals surface area contributed by atoms with Crippen molar-refractivity contribution in [2.45, 2.75) is 19.6 Å². The van der Waals surface area contributed by atoms with Gasteiger partial charge in [-0.05, 0) is 28.8 Å². The minimum atomic E-state index is -0.217. The Morgan fingerprint density at radius 3 is 2.41 bits per heavy atom. The Labute approximate surface area is 190 Å². The minimum Gasteiger partial charge on any atom is -0.379 e. The second-order valence-corrected chi connectivity index (χ2v) is 7.04. The molecule has 5 nitrogen and oxygen atoms in total. The fourth-order valence-electron chi connectivity index (χ4n) is 3.38. The molecule has 0 saturated carbocycles. The van der Waals surface area contributed by atoms with E-state index in [2.05, 4.69) is 39.5 Å². The average Bonchev–Trinajstić information content (AvgIpc) is 2.72. The molecule has 1 saturated heterocycles. The molecule has 0 aliphatic carbocycles. The second kappa shape index (κ2) is 12.1. The lowest BCUT2D eigenvalue weighted by atomic mass is 10.1. The molecular formula is C22H30FIN4O. The van der Waals surface area contributed by atoms with Gasteiger partial charge in [0.05, 0.1) is 13.2 Å². The van der Waals surface area contributed by atoms with Crippen molar-refractivity contribution in [1.82, 2.24) is 15.1 Å². The molecule has 7 heteroatoms. The largest absolute Gasteiger partial charge is 0.379 e. The number of ether oxygens (including phenoxy) is 1. The molecule has 0 unspecified atom stereocenters. The Morgan fingerprint density at radius 1 is 1.10 bits per heavy atom. The zero-order valence-corrected chi connectivity index (χ0v) is 19.4. The Balaban J connectivity index is 0.00000300. The number of halogens is 2. The van der Waals surface area contributed by atoms with E-state index in [0.29, 0.717) is 13.1 Å². The summed E-state index contributed by atoms with van der Waals surface area (Å²) in [5.41, 5.74) is 3.64. The summed E-state index contributed by atoms with van der Waals surface area (Å²) in [5.74, 6) is 0.594.